The lowest BCUT2D eigenvalue weighted by atomic mass is 9.99. The van der Waals surface area contributed by atoms with Crippen LogP contribution in [0.15, 0.2) is 115 Å². The van der Waals surface area contributed by atoms with Gasteiger partial charge in [-0.1, -0.05) is 84.9 Å². The second-order valence-corrected chi connectivity index (χ2v) is 11.6. The van der Waals surface area contributed by atoms with Gasteiger partial charge in [0.25, 0.3) is 0 Å². The summed E-state index contributed by atoms with van der Waals surface area (Å²) in [6.07, 6.45) is 0. The molecule has 4 heteroatoms. The van der Waals surface area contributed by atoms with Crippen LogP contribution in [0, 0.1) is 0 Å². The molecule has 0 saturated heterocycles. The molecule has 0 spiro atoms. The van der Waals surface area contributed by atoms with Crippen molar-refractivity contribution < 1.29 is 0 Å². The molecule has 0 amide bonds. The van der Waals surface area contributed by atoms with E-state index in [-0.39, 0.29) is 0 Å². The van der Waals surface area contributed by atoms with Gasteiger partial charge in [0.1, 0.15) is 5.52 Å². The summed E-state index contributed by atoms with van der Waals surface area (Å²) in [4.78, 5) is 10.4. The van der Waals surface area contributed by atoms with E-state index in [0.717, 1.165) is 22.2 Å². The Morgan fingerprint density at radius 1 is 0.550 bits per heavy atom. The largest absolute Gasteiger partial charge is 0.291 e. The monoisotopic (exact) mass is 525 g/mol. The van der Waals surface area contributed by atoms with Crippen LogP contribution >= 0.6 is 11.3 Å². The molecule has 10 rings (SSSR count). The number of fused-ring (bicyclic) bond motifs is 12. The van der Waals surface area contributed by atoms with Crippen LogP contribution in [-0.4, -0.2) is 14.4 Å². The molecule has 6 aromatic carbocycles. The Morgan fingerprint density at radius 3 is 2.25 bits per heavy atom. The van der Waals surface area contributed by atoms with Crippen LogP contribution in [0.1, 0.15) is 0 Å². The molecule has 0 aliphatic rings. The Morgan fingerprint density at radius 2 is 1.32 bits per heavy atom. The van der Waals surface area contributed by atoms with Gasteiger partial charge < -0.3 is 0 Å². The molecule has 0 atom stereocenters. The molecule has 0 saturated carbocycles. The average molecular weight is 526 g/mol. The summed E-state index contributed by atoms with van der Waals surface area (Å²) >= 11 is 1.89. The van der Waals surface area contributed by atoms with Gasteiger partial charge in [-0.25, -0.2) is 9.97 Å². The zero-order valence-corrected chi connectivity index (χ0v) is 22.0. The van der Waals surface area contributed by atoms with Crippen molar-refractivity contribution in [3.8, 4) is 11.1 Å². The minimum Gasteiger partial charge on any atom is -0.291 e. The quantitative estimate of drug-likeness (QED) is 0.213. The number of aromatic nitrogens is 3. The summed E-state index contributed by atoms with van der Waals surface area (Å²) in [5, 5.41) is 8.84. The topological polar surface area (TPSA) is 30.2 Å². The smallest absolute Gasteiger partial charge is 0.165 e. The highest BCUT2D eigenvalue weighted by molar-refractivity contribution is 7.27. The summed E-state index contributed by atoms with van der Waals surface area (Å²) in [5.41, 5.74) is 8.69. The fourth-order valence-corrected chi connectivity index (χ4v) is 8.08. The first-order valence-corrected chi connectivity index (χ1v) is 14.3. The van der Waals surface area contributed by atoms with E-state index in [1.165, 1.54) is 69.3 Å². The van der Waals surface area contributed by atoms with Crippen molar-refractivity contribution in [1.29, 1.82) is 0 Å². The van der Waals surface area contributed by atoms with Crippen LogP contribution in [0.2, 0.25) is 0 Å². The van der Waals surface area contributed by atoms with Gasteiger partial charge in [0.15, 0.2) is 5.65 Å². The maximum Gasteiger partial charge on any atom is 0.165 e. The Labute approximate surface area is 231 Å². The van der Waals surface area contributed by atoms with Crippen LogP contribution in [0.5, 0.6) is 0 Å². The number of benzene rings is 6. The molecule has 0 radical (unpaired) electrons. The molecule has 40 heavy (non-hydrogen) atoms. The molecule has 0 bridgehead atoms. The second-order valence-electron chi connectivity index (χ2n) is 10.6. The van der Waals surface area contributed by atoms with Crippen LogP contribution in [0.3, 0.4) is 0 Å². The minimum atomic E-state index is 0.922. The third-order valence-electron chi connectivity index (χ3n) is 8.48. The Hall–Kier alpha value is -5.06. The molecule has 4 aromatic heterocycles. The van der Waals surface area contributed by atoms with E-state index in [0.29, 0.717) is 0 Å². The molecule has 10 aromatic rings. The third-order valence-corrected chi connectivity index (χ3v) is 9.75. The fourth-order valence-electron chi connectivity index (χ4n) is 6.71. The van der Waals surface area contributed by atoms with Crippen molar-refractivity contribution in [2.75, 3.05) is 0 Å². The molecule has 3 nitrogen and oxygen atoms in total. The van der Waals surface area contributed by atoms with Gasteiger partial charge in [-0.2, -0.15) is 0 Å². The first-order valence-electron chi connectivity index (χ1n) is 13.5. The lowest BCUT2D eigenvalue weighted by molar-refractivity contribution is 1.28. The summed E-state index contributed by atoms with van der Waals surface area (Å²) in [5.74, 6) is 0. The van der Waals surface area contributed by atoms with Crippen molar-refractivity contribution in [3.05, 3.63) is 115 Å². The first-order chi connectivity index (χ1) is 19.8. The highest BCUT2D eigenvalue weighted by Gasteiger charge is 2.24. The normalized spacial score (nSPS) is 12.5. The molecule has 4 heterocycles. The molecular weight excluding hydrogens is 506 g/mol. The molecule has 0 aliphatic carbocycles. The number of nitrogens with zero attached hydrogens (tertiary/aromatic N) is 3. The molecule has 184 valence electrons. The standard InChI is InChI=1S/C36H19N3S/c1-2-9-21-18-22(17-16-20(21)8-1)23-11-7-12-25-27-19-26-24-10-3-6-15-30(24)39-33(26)31(35(27)40-34(23)25)32-36(39)38-29-14-5-4-13-28(29)37-32/h1-19H. The number of para-hydroxylation sites is 3. The lowest BCUT2D eigenvalue weighted by Crippen LogP contribution is -1.88. The van der Waals surface area contributed by atoms with Gasteiger partial charge in [0.05, 0.1) is 22.1 Å². The van der Waals surface area contributed by atoms with E-state index < -0.39 is 0 Å². The van der Waals surface area contributed by atoms with Gasteiger partial charge in [0, 0.05) is 36.3 Å². The summed E-state index contributed by atoms with van der Waals surface area (Å²) in [7, 11) is 0. The minimum absolute atomic E-state index is 0.922. The predicted molar refractivity (Wildman–Crippen MR) is 170 cm³/mol. The van der Waals surface area contributed by atoms with Gasteiger partial charge in [0.2, 0.25) is 0 Å². The van der Waals surface area contributed by atoms with Gasteiger partial charge >= 0.3 is 0 Å². The zero-order valence-electron chi connectivity index (χ0n) is 21.2. The van der Waals surface area contributed by atoms with Crippen LogP contribution in [-0.2, 0) is 0 Å². The second kappa shape index (κ2) is 7.32. The molecule has 0 N–H and O–H groups in total. The van der Waals surface area contributed by atoms with E-state index in [2.05, 4.69) is 108 Å². The van der Waals surface area contributed by atoms with E-state index in [1.807, 2.05) is 23.5 Å². The molecular formula is C36H19N3S. The van der Waals surface area contributed by atoms with Crippen LogP contribution in [0.25, 0.3) is 91.5 Å². The van der Waals surface area contributed by atoms with Crippen molar-refractivity contribution in [3.63, 3.8) is 0 Å². The molecule has 0 fully saturated rings. The van der Waals surface area contributed by atoms with Crippen LogP contribution < -0.4 is 0 Å². The Bertz CT molecular complexity index is 2660. The van der Waals surface area contributed by atoms with E-state index in [4.69, 9.17) is 9.97 Å². The van der Waals surface area contributed by atoms with Gasteiger partial charge in [-0.05, 0) is 52.2 Å². The van der Waals surface area contributed by atoms with Crippen LogP contribution in [0.4, 0.5) is 0 Å². The van der Waals surface area contributed by atoms with E-state index >= 15 is 0 Å². The highest BCUT2D eigenvalue weighted by Crippen LogP contribution is 2.48. The fraction of sp³-hybridized carbons (Fsp3) is 0. The van der Waals surface area contributed by atoms with E-state index in [1.54, 1.807) is 0 Å². The van der Waals surface area contributed by atoms with Gasteiger partial charge in [-0.15, -0.1) is 11.3 Å². The first kappa shape index (κ1) is 20.8. The number of hydrogen-bond acceptors (Lipinski definition) is 3. The molecule has 0 unspecified atom stereocenters. The SMILES string of the molecule is c1ccc2cc(-c3cccc4c3sc3c4cc4c5ccccc5n5c6nc7ccccc7nc6c3c45)ccc2c1. The molecule has 0 aliphatic heterocycles. The van der Waals surface area contributed by atoms with E-state index in [9.17, 15) is 0 Å². The zero-order chi connectivity index (χ0) is 25.9. The van der Waals surface area contributed by atoms with Gasteiger partial charge in [-0.3, -0.25) is 4.40 Å². The summed E-state index contributed by atoms with van der Waals surface area (Å²) in [6, 6.07) is 41.4. The lowest BCUT2D eigenvalue weighted by Gasteiger charge is -2.06. The van der Waals surface area contributed by atoms with Crippen molar-refractivity contribution in [2.24, 2.45) is 0 Å². The Balaban J connectivity index is 1.41. The summed E-state index contributed by atoms with van der Waals surface area (Å²) in [6.45, 7) is 0. The third kappa shape index (κ3) is 2.54. The maximum absolute atomic E-state index is 5.23. The van der Waals surface area contributed by atoms with Crippen molar-refractivity contribution in [2.45, 2.75) is 0 Å². The number of rotatable bonds is 1. The average Bonchev–Trinajstić information content (AvgIpc) is 3.65. The maximum atomic E-state index is 5.23. The van der Waals surface area contributed by atoms with Crippen molar-refractivity contribution in [1.82, 2.24) is 14.4 Å². The summed E-state index contributed by atoms with van der Waals surface area (Å²) < 4.78 is 4.93. The predicted octanol–water partition coefficient (Wildman–Crippen LogP) is 9.97. The number of hydrogen-bond donors (Lipinski definition) is 0. The highest BCUT2D eigenvalue weighted by atomic mass is 32.1. The number of thiophene rings is 1. The van der Waals surface area contributed by atoms with Crippen molar-refractivity contribution >= 4 is 91.7 Å². The Kier molecular flexibility index (Phi) is 3.81.